The SMILES string of the molecule is CC(C)(C)[C@@]12CNC[C@H]1CCCN2C(=O)O. The summed E-state index contributed by atoms with van der Waals surface area (Å²) >= 11 is 0. The zero-order valence-electron chi connectivity index (χ0n) is 10.4. The van der Waals surface area contributed by atoms with Crippen LogP contribution in [0.5, 0.6) is 0 Å². The fraction of sp³-hybridized carbons (Fsp3) is 0.917. The van der Waals surface area contributed by atoms with Crippen molar-refractivity contribution in [1.82, 2.24) is 10.2 Å². The van der Waals surface area contributed by atoms with Gasteiger partial charge in [-0.05, 0) is 24.2 Å². The van der Waals surface area contributed by atoms with Crippen LogP contribution in [0.3, 0.4) is 0 Å². The number of nitrogens with one attached hydrogen (secondary N) is 1. The quantitative estimate of drug-likeness (QED) is 0.662. The lowest BCUT2D eigenvalue weighted by Crippen LogP contribution is -2.65. The second kappa shape index (κ2) is 3.62. The summed E-state index contributed by atoms with van der Waals surface area (Å²) in [5, 5.41) is 12.8. The standard InChI is InChI=1S/C12H22N2O2/c1-11(2,3)12-8-13-7-9(12)5-4-6-14(12)10(15)16/h9,13H,4-8H2,1-3H3,(H,15,16)/t9-,12-/m1/s1. The fourth-order valence-corrected chi connectivity index (χ4v) is 3.65. The number of hydrogen-bond donors (Lipinski definition) is 2. The Balaban J connectivity index is 2.42. The van der Waals surface area contributed by atoms with E-state index in [9.17, 15) is 9.90 Å². The number of nitrogens with zero attached hydrogens (tertiary/aromatic N) is 1. The van der Waals surface area contributed by atoms with Crippen LogP contribution in [0.4, 0.5) is 4.79 Å². The average Bonchev–Trinajstić information content (AvgIpc) is 2.59. The summed E-state index contributed by atoms with van der Waals surface area (Å²) in [4.78, 5) is 13.1. The van der Waals surface area contributed by atoms with Crippen LogP contribution >= 0.6 is 0 Å². The number of fused-ring (bicyclic) bond motifs is 1. The highest BCUT2D eigenvalue weighted by Gasteiger charge is 2.57. The maximum Gasteiger partial charge on any atom is 0.407 e. The molecule has 1 amide bonds. The molecule has 0 bridgehead atoms. The third-order valence-electron chi connectivity index (χ3n) is 4.41. The average molecular weight is 226 g/mol. The summed E-state index contributed by atoms with van der Waals surface area (Å²) in [6, 6.07) is 0. The first kappa shape index (κ1) is 11.7. The lowest BCUT2D eigenvalue weighted by atomic mass is 9.64. The summed E-state index contributed by atoms with van der Waals surface area (Å²) < 4.78 is 0. The highest BCUT2D eigenvalue weighted by atomic mass is 16.4. The molecule has 4 nitrogen and oxygen atoms in total. The Morgan fingerprint density at radius 3 is 2.75 bits per heavy atom. The fourth-order valence-electron chi connectivity index (χ4n) is 3.65. The van der Waals surface area contributed by atoms with Gasteiger partial charge in [-0.2, -0.15) is 0 Å². The van der Waals surface area contributed by atoms with Crippen molar-refractivity contribution in [2.45, 2.75) is 39.2 Å². The monoisotopic (exact) mass is 226 g/mol. The molecule has 92 valence electrons. The summed E-state index contributed by atoms with van der Waals surface area (Å²) in [7, 11) is 0. The summed E-state index contributed by atoms with van der Waals surface area (Å²) in [6.45, 7) is 8.93. The molecule has 2 N–H and O–H groups in total. The lowest BCUT2D eigenvalue weighted by Gasteiger charge is -2.54. The normalized spacial score (nSPS) is 34.9. The van der Waals surface area contributed by atoms with E-state index in [4.69, 9.17) is 0 Å². The van der Waals surface area contributed by atoms with Crippen molar-refractivity contribution in [3.8, 4) is 0 Å². The van der Waals surface area contributed by atoms with Crippen LogP contribution in [0, 0.1) is 11.3 Å². The molecule has 2 heterocycles. The minimum Gasteiger partial charge on any atom is -0.465 e. The molecule has 2 fully saturated rings. The van der Waals surface area contributed by atoms with Gasteiger partial charge in [-0.1, -0.05) is 20.8 Å². The van der Waals surface area contributed by atoms with E-state index in [0.29, 0.717) is 12.5 Å². The number of amides is 1. The van der Waals surface area contributed by atoms with Crippen LogP contribution in [-0.4, -0.2) is 41.3 Å². The van der Waals surface area contributed by atoms with E-state index in [0.717, 1.165) is 25.9 Å². The third-order valence-corrected chi connectivity index (χ3v) is 4.41. The van der Waals surface area contributed by atoms with E-state index < -0.39 is 6.09 Å². The van der Waals surface area contributed by atoms with Gasteiger partial charge in [0.15, 0.2) is 0 Å². The second-order valence-electron chi connectivity index (χ2n) is 6.08. The molecule has 2 saturated heterocycles. The highest BCUT2D eigenvalue weighted by molar-refractivity contribution is 5.67. The number of carbonyl (C=O) groups is 1. The number of hydrogen-bond acceptors (Lipinski definition) is 2. The van der Waals surface area contributed by atoms with Crippen molar-refractivity contribution < 1.29 is 9.90 Å². The molecule has 16 heavy (non-hydrogen) atoms. The van der Waals surface area contributed by atoms with Gasteiger partial charge >= 0.3 is 6.09 Å². The first-order valence-corrected chi connectivity index (χ1v) is 6.11. The maximum atomic E-state index is 11.4. The van der Waals surface area contributed by atoms with Gasteiger partial charge in [-0.15, -0.1) is 0 Å². The second-order valence-corrected chi connectivity index (χ2v) is 6.08. The zero-order valence-corrected chi connectivity index (χ0v) is 10.4. The van der Waals surface area contributed by atoms with Crippen LogP contribution < -0.4 is 5.32 Å². The molecule has 2 atom stereocenters. The molecule has 0 radical (unpaired) electrons. The van der Waals surface area contributed by atoms with Gasteiger partial charge in [0.25, 0.3) is 0 Å². The molecule has 0 aromatic heterocycles. The molecule has 0 aliphatic carbocycles. The Kier molecular flexibility index (Phi) is 2.65. The zero-order chi connectivity index (χ0) is 12.0. The number of piperidine rings is 1. The molecular weight excluding hydrogens is 204 g/mol. The maximum absolute atomic E-state index is 11.4. The molecule has 2 aliphatic rings. The number of carboxylic acid groups (broad SMARTS) is 1. The first-order chi connectivity index (χ1) is 7.39. The van der Waals surface area contributed by atoms with E-state index >= 15 is 0 Å². The minimum atomic E-state index is -0.761. The van der Waals surface area contributed by atoms with Crippen molar-refractivity contribution in [2.75, 3.05) is 19.6 Å². The van der Waals surface area contributed by atoms with Crippen LogP contribution in [-0.2, 0) is 0 Å². The Labute approximate surface area is 97.0 Å². The molecule has 0 unspecified atom stereocenters. The van der Waals surface area contributed by atoms with Gasteiger partial charge in [0.05, 0.1) is 5.54 Å². The predicted octanol–water partition coefficient (Wildman–Crippen LogP) is 1.76. The van der Waals surface area contributed by atoms with Crippen molar-refractivity contribution in [2.24, 2.45) is 11.3 Å². The summed E-state index contributed by atoms with van der Waals surface area (Å²) in [6.07, 6.45) is 1.38. The van der Waals surface area contributed by atoms with Crippen molar-refractivity contribution in [3.63, 3.8) is 0 Å². The van der Waals surface area contributed by atoms with Crippen molar-refractivity contribution in [3.05, 3.63) is 0 Å². The Morgan fingerprint density at radius 2 is 2.19 bits per heavy atom. The van der Waals surface area contributed by atoms with Gasteiger partial charge < -0.3 is 15.3 Å². The van der Waals surface area contributed by atoms with Crippen molar-refractivity contribution >= 4 is 6.09 Å². The molecular formula is C12H22N2O2. The topological polar surface area (TPSA) is 52.6 Å². The molecule has 0 spiro atoms. The van der Waals surface area contributed by atoms with E-state index in [2.05, 4.69) is 26.1 Å². The smallest absolute Gasteiger partial charge is 0.407 e. The van der Waals surface area contributed by atoms with Crippen LogP contribution in [0.2, 0.25) is 0 Å². The van der Waals surface area contributed by atoms with E-state index in [1.165, 1.54) is 0 Å². The van der Waals surface area contributed by atoms with E-state index in [-0.39, 0.29) is 11.0 Å². The van der Waals surface area contributed by atoms with Gasteiger partial charge in [0.1, 0.15) is 0 Å². The molecule has 0 saturated carbocycles. The largest absolute Gasteiger partial charge is 0.465 e. The van der Waals surface area contributed by atoms with Crippen LogP contribution in [0.25, 0.3) is 0 Å². The van der Waals surface area contributed by atoms with E-state index in [1.807, 2.05) is 0 Å². The lowest BCUT2D eigenvalue weighted by molar-refractivity contribution is -0.0387. The van der Waals surface area contributed by atoms with Crippen LogP contribution in [0.15, 0.2) is 0 Å². The Bertz CT molecular complexity index is 298. The molecule has 0 aromatic rings. The number of rotatable bonds is 0. The number of likely N-dealkylation sites (tertiary alicyclic amines) is 1. The molecule has 0 aromatic carbocycles. The molecule has 4 heteroatoms. The van der Waals surface area contributed by atoms with E-state index in [1.54, 1.807) is 4.90 Å². The third kappa shape index (κ3) is 1.43. The van der Waals surface area contributed by atoms with Crippen molar-refractivity contribution in [1.29, 1.82) is 0 Å². The summed E-state index contributed by atoms with van der Waals surface area (Å²) in [5.41, 5.74) is -0.225. The molecule has 2 rings (SSSR count). The van der Waals surface area contributed by atoms with Gasteiger partial charge in [-0.3, -0.25) is 0 Å². The summed E-state index contributed by atoms with van der Waals surface area (Å²) in [5.74, 6) is 0.470. The highest BCUT2D eigenvalue weighted by Crippen LogP contribution is 2.47. The van der Waals surface area contributed by atoms with Gasteiger partial charge in [-0.25, -0.2) is 4.79 Å². The van der Waals surface area contributed by atoms with Crippen LogP contribution in [0.1, 0.15) is 33.6 Å². The molecule has 2 aliphatic heterocycles. The predicted molar refractivity (Wildman–Crippen MR) is 62.5 cm³/mol. The van der Waals surface area contributed by atoms with Gasteiger partial charge in [0, 0.05) is 19.6 Å². The first-order valence-electron chi connectivity index (χ1n) is 6.11. The minimum absolute atomic E-state index is 0.0139. The Morgan fingerprint density at radius 1 is 1.50 bits per heavy atom. The van der Waals surface area contributed by atoms with Gasteiger partial charge in [0.2, 0.25) is 0 Å². The Hall–Kier alpha value is -0.770.